The zero-order chi connectivity index (χ0) is 9.68. The Kier molecular flexibility index (Phi) is 3.72. The van der Waals surface area contributed by atoms with Gasteiger partial charge in [-0.2, -0.15) is 5.10 Å². The second-order valence-electron chi connectivity index (χ2n) is 2.49. The molecule has 1 rings (SSSR count). The van der Waals surface area contributed by atoms with Gasteiger partial charge in [0.15, 0.2) is 0 Å². The Morgan fingerprint density at radius 2 is 2.54 bits per heavy atom. The molecule has 0 aliphatic rings. The molecule has 0 aromatic carbocycles. The molecule has 1 amide bonds. The number of nitrogens with zero attached hydrogens (tertiary/aromatic N) is 2. The number of carbonyl (C=O) groups is 1. The van der Waals surface area contributed by atoms with Crippen LogP contribution in [0.25, 0.3) is 0 Å². The summed E-state index contributed by atoms with van der Waals surface area (Å²) in [5.74, 6) is -0.120. The lowest BCUT2D eigenvalue weighted by atomic mass is 10.5. The first kappa shape index (κ1) is 10.0. The zero-order valence-electron chi connectivity index (χ0n) is 7.03. The van der Waals surface area contributed by atoms with Crippen molar-refractivity contribution in [1.29, 1.82) is 0 Å². The van der Waals surface area contributed by atoms with Crippen molar-refractivity contribution in [2.24, 2.45) is 5.73 Å². The molecular formula is C7H11ClN4O. The van der Waals surface area contributed by atoms with Crippen LogP contribution in [0.3, 0.4) is 0 Å². The minimum atomic E-state index is -0.120. The number of amides is 1. The van der Waals surface area contributed by atoms with Gasteiger partial charge in [0, 0.05) is 19.3 Å². The maximum atomic E-state index is 11.1. The summed E-state index contributed by atoms with van der Waals surface area (Å²) in [5.41, 5.74) is 5.22. The number of carbonyl (C=O) groups excluding carboxylic acids is 1. The molecule has 0 spiro atoms. The molecule has 0 saturated heterocycles. The lowest BCUT2D eigenvalue weighted by molar-refractivity contribution is -0.121. The SMILES string of the molecule is NCCNC(=O)Cn1cc(Cl)cn1. The van der Waals surface area contributed by atoms with Gasteiger partial charge in [-0.15, -0.1) is 0 Å². The number of aromatic nitrogens is 2. The monoisotopic (exact) mass is 202 g/mol. The molecule has 0 fully saturated rings. The molecule has 0 unspecified atom stereocenters. The highest BCUT2D eigenvalue weighted by atomic mass is 35.5. The number of rotatable bonds is 4. The number of halogens is 1. The Labute approximate surface area is 80.9 Å². The van der Waals surface area contributed by atoms with E-state index in [1.165, 1.54) is 10.9 Å². The molecule has 1 aromatic heterocycles. The maximum Gasteiger partial charge on any atom is 0.241 e. The highest BCUT2D eigenvalue weighted by molar-refractivity contribution is 6.30. The van der Waals surface area contributed by atoms with Gasteiger partial charge in [-0.1, -0.05) is 11.6 Å². The number of hydrogen-bond donors (Lipinski definition) is 2. The molecule has 0 saturated carbocycles. The quantitative estimate of drug-likeness (QED) is 0.699. The first-order valence-electron chi connectivity index (χ1n) is 3.87. The van der Waals surface area contributed by atoms with Gasteiger partial charge in [0.1, 0.15) is 6.54 Å². The van der Waals surface area contributed by atoms with Gasteiger partial charge in [0.05, 0.1) is 11.2 Å². The van der Waals surface area contributed by atoms with Crippen LogP contribution in [0.1, 0.15) is 0 Å². The van der Waals surface area contributed by atoms with Crippen molar-refractivity contribution < 1.29 is 4.79 Å². The van der Waals surface area contributed by atoms with E-state index in [0.29, 0.717) is 18.1 Å². The largest absolute Gasteiger partial charge is 0.353 e. The Morgan fingerprint density at radius 1 is 1.77 bits per heavy atom. The van der Waals surface area contributed by atoms with Crippen molar-refractivity contribution in [3.05, 3.63) is 17.4 Å². The third-order valence-electron chi connectivity index (χ3n) is 1.37. The van der Waals surface area contributed by atoms with Crippen molar-refractivity contribution in [3.8, 4) is 0 Å². The molecule has 1 heterocycles. The van der Waals surface area contributed by atoms with Crippen LogP contribution in [-0.4, -0.2) is 28.8 Å². The Bertz CT molecular complexity index is 286. The van der Waals surface area contributed by atoms with Crippen LogP contribution in [0, 0.1) is 0 Å². The fourth-order valence-corrected chi connectivity index (χ4v) is 0.996. The summed E-state index contributed by atoms with van der Waals surface area (Å²) in [6.45, 7) is 1.09. The Morgan fingerprint density at radius 3 is 3.08 bits per heavy atom. The fourth-order valence-electron chi connectivity index (χ4n) is 0.839. The van der Waals surface area contributed by atoms with Crippen molar-refractivity contribution in [2.75, 3.05) is 13.1 Å². The van der Waals surface area contributed by atoms with E-state index in [1.54, 1.807) is 6.20 Å². The second kappa shape index (κ2) is 4.84. The Hall–Kier alpha value is -1.07. The summed E-state index contributed by atoms with van der Waals surface area (Å²) in [7, 11) is 0. The summed E-state index contributed by atoms with van der Waals surface area (Å²) in [4.78, 5) is 11.1. The third-order valence-corrected chi connectivity index (χ3v) is 1.57. The van der Waals surface area contributed by atoms with Crippen LogP contribution >= 0.6 is 11.6 Å². The topological polar surface area (TPSA) is 72.9 Å². The maximum absolute atomic E-state index is 11.1. The molecule has 13 heavy (non-hydrogen) atoms. The molecule has 0 aliphatic heterocycles. The molecule has 6 heteroatoms. The van der Waals surface area contributed by atoms with Crippen LogP contribution < -0.4 is 11.1 Å². The van der Waals surface area contributed by atoms with E-state index in [0.717, 1.165) is 0 Å². The minimum absolute atomic E-state index is 0.120. The van der Waals surface area contributed by atoms with Crippen LogP contribution in [0.4, 0.5) is 0 Å². The van der Waals surface area contributed by atoms with Gasteiger partial charge >= 0.3 is 0 Å². The molecule has 0 bridgehead atoms. The van der Waals surface area contributed by atoms with Crippen molar-refractivity contribution in [1.82, 2.24) is 15.1 Å². The summed E-state index contributed by atoms with van der Waals surface area (Å²) in [6.07, 6.45) is 3.07. The van der Waals surface area contributed by atoms with Gasteiger partial charge in [0.25, 0.3) is 0 Å². The van der Waals surface area contributed by atoms with E-state index >= 15 is 0 Å². The number of nitrogens with one attached hydrogen (secondary N) is 1. The Balaban J connectivity index is 2.36. The van der Waals surface area contributed by atoms with Crippen molar-refractivity contribution >= 4 is 17.5 Å². The van der Waals surface area contributed by atoms with Gasteiger partial charge in [-0.3, -0.25) is 9.48 Å². The lowest BCUT2D eigenvalue weighted by Gasteiger charge is -2.02. The minimum Gasteiger partial charge on any atom is -0.353 e. The summed E-state index contributed by atoms with van der Waals surface area (Å²) >= 11 is 5.61. The molecule has 0 radical (unpaired) electrons. The van der Waals surface area contributed by atoms with E-state index in [-0.39, 0.29) is 12.5 Å². The third kappa shape index (κ3) is 3.43. The molecule has 1 aromatic rings. The van der Waals surface area contributed by atoms with E-state index in [4.69, 9.17) is 17.3 Å². The van der Waals surface area contributed by atoms with Crippen LogP contribution in [0.2, 0.25) is 5.02 Å². The highest BCUT2D eigenvalue weighted by Gasteiger charge is 2.02. The van der Waals surface area contributed by atoms with Crippen LogP contribution in [-0.2, 0) is 11.3 Å². The van der Waals surface area contributed by atoms with Crippen LogP contribution in [0.5, 0.6) is 0 Å². The van der Waals surface area contributed by atoms with Gasteiger partial charge < -0.3 is 11.1 Å². The molecule has 0 aliphatic carbocycles. The first-order valence-corrected chi connectivity index (χ1v) is 4.25. The average Bonchev–Trinajstić information content (AvgIpc) is 2.48. The van der Waals surface area contributed by atoms with Crippen LogP contribution in [0.15, 0.2) is 12.4 Å². The van der Waals surface area contributed by atoms with Gasteiger partial charge in [-0.25, -0.2) is 0 Å². The van der Waals surface area contributed by atoms with Crippen molar-refractivity contribution in [3.63, 3.8) is 0 Å². The molecule has 0 atom stereocenters. The van der Waals surface area contributed by atoms with E-state index < -0.39 is 0 Å². The van der Waals surface area contributed by atoms with Gasteiger partial charge in [-0.05, 0) is 0 Å². The average molecular weight is 203 g/mol. The second-order valence-corrected chi connectivity index (χ2v) is 2.93. The lowest BCUT2D eigenvalue weighted by Crippen LogP contribution is -2.31. The molecule has 5 nitrogen and oxygen atoms in total. The highest BCUT2D eigenvalue weighted by Crippen LogP contribution is 2.03. The molecule has 72 valence electrons. The first-order chi connectivity index (χ1) is 6.22. The zero-order valence-corrected chi connectivity index (χ0v) is 7.79. The van der Waals surface area contributed by atoms with Crippen molar-refractivity contribution in [2.45, 2.75) is 6.54 Å². The molecule has 3 N–H and O–H groups in total. The predicted octanol–water partition coefficient (Wildman–Crippen LogP) is -0.389. The summed E-state index contributed by atoms with van der Waals surface area (Å²) in [5, 5.41) is 7.00. The van der Waals surface area contributed by atoms with E-state index in [1.807, 2.05) is 0 Å². The standard InChI is InChI=1S/C7H11ClN4O/c8-6-3-11-12(4-6)5-7(13)10-2-1-9/h3-4H,1-2,5,9H2,(H,10,13). The normalized spacial score (nSPS) is 10.0. The smallest absolute Gasteiger partial charge is 0.241 e. The molecular weight excluding hydrogens is 192 g/mol. The predicted molar refractivity (Wildman–Crippen MR) is 49.3 cm³/mol. The fraction of sp³-hybridized carbons (Fsp3) is 0.429. The summed E-state index contributed by atoms with van der Waals surface area (Å²) in [6, 6.07) is 0. The number of hydrogen-bond acceptors (Lipinski definition) is 3. The van der Waals surface area contributed by atoms with Gasteiger partial charge in [0.2, 0.25) is 5.91 Å². The number of nitrogens with two attached hydrogens (primary N) is 1. The summed E-state index contributed by atoms with van der Waals surface area (Å²) < 4.78 is 1.47. The van der Waals surface area contributed by atoms with E-state index in [9.17, 15) is 4.79 Å². The van der Waals surface area contributed by atoms with E-state index in [2.05, 4.69) is 10.4 Å².